The number of rotatable bonds is 3. The Labute approximate surface area is 208 Å². The zero-order valence-corrected chi connectivity index (χ0v) is 21.6. The number of nitrogens with zero attached hydrogens (tertiary/aromatic N) is 4. The maximum atomic E-state index is 15.4. The molecule has 2 aliphatic rings. The lowest BCUT2D eigenvalue weighted by molar-refractivity contribution is 0.0589. The van der Waals surface area contributed by atoms with Crippen LogP contribution in [0, 0.1) is 17.0 Å². The van der Waals surface area contributed by atoms with Crippen LogP contribution in [-0.4, -0.2) is 66.8 Å². The summed E-state index contributed by atoms with van der Waals surface area (Å²) < 4.78 is 35.7. The molecule has 188 valence electrons. The Balaban J connectivity index is 1.66. The fourth-order valence-electron chi connectivity index (χ4n) is 5.49. The standard InChI is InChI=1S/C25H30ClF2N5O2/c1-24(2,3)35-23(34)32(6)15-9-14(27)19(28)17-18-21(13(26)11-29-22(18)30-20(15)17)33-8-7-25(12-33)10-16(25)31(4)5/h9,11,16H,7-8,10,12H2,1-6H3,(H,29,30)/t16-,25+/m0/s1. The van der Waals surface area contributed by atoms with Gasteiger partial charge in [0.25, 0.3) is 0 Å². The number of pyridine rings is 1. The first-order chi connectivity index (χ1) is 16.3. The number of hydrogen-bond acceptors (Lipinski definition) is 5. The molecule has 10 heteroatoms. The van der Waals surface area contributed by atoms with Gasteiger partial charge in [0.05, 0.1) is 38.9 Å². The molecule has 0 bridgehead atoms. The Morgan fingerprint density at radius 3 is 2.63 bits per heavy atom. The second-order valence-electron chi connectivity index (χ2n) is 11.0. The van der Waals surface area contributed by atoms with Gasteiger partial charge in [0, 0.05) is 37.7 Å². The van der Waals surface area contributed by atoms with Crippen LogP contribution in [0.5, 0.6) is 0 Å². The van der Waals surface area contributed by atoms with Gasteiger partial charge in [-0.1, -0.05) is 11.6 Å². The van der Waals surface area contributed by atoms with Crippen LogP contribution in [0.2, 0.25) is 5.02 Å². The zero-order valence-electron chi connectivity index (χ0n) is 20.8. The van der Waals surface area contributed by atoms with E-state index >= 15 is 4.39 Å². The molecule has 1 aromatic carbocycles. The van der Waals surface area contributed by atoms with Crippen molar-refractivity contribution in [2.24, 2.45) is 5.41 Å². The van der Waals surface area contributed by atoms with Crippen LogP contribution >= 0.6 is 11.6 Å². The third kappa shape index (κ3) is 3.89. The zero-order chi connectivity index (χ0) is 25.4. The number of nitrogens with one attached hydrogen (secondary N) is 1. The summed E-state index contributed by atoms with van der Waals surface area (Å²) in [5.74, 6) is -2.08. The van der Waals surface area contributed by atoms with Gasteiger partial charge in [-0.15, -0.1) is 0 Å². The van der Waals surface area contributed by atoms with Crippen LogP contribution in [0.1, 0.15) is 33.6 Å². The van der Waals surface area contributed by atoms with E-state index in [1.165, 1.54) is 18.1 Å². The van der Waals surface area contributed by atoms with Gasteiger partial charge in [-0.05, 0) is 47.7 Å². The van der Waals surface area contributed by atoms with E-state index in [-0.39, 0.29) is 22.0 Å². The lowest BCUT2D eigenvalue weighted by Gasteiger charge is -2.25. The Morgan fingerprint density at radius 1 is 1.29 bits per heavy atom. The van der Waals surface area contributed by atoms with Crippen LogP contribution < -0.4 is 9.80 Å². The van der Waals surface area contributed by atoms with E-state index in [4.69, 9.17) is 16.3 Å². The van der Waals surface area contributed by atoms with Crippen LogP contribution in [0.15, 0.2) is 12.3 Å². The van der Waals surface area contributed by atoms with E-state index in [1.54, 1.807) is 20.8 Å². The third-order valence-electron chi connectivity index (χ3n) is 7.20. The van der Waals surface area contributed by atoms with Gasteiger partial charge in [-0.25, -0.2) is 18.6 Å². The van der Waals surface area contributed by atoms with Crippen LogP contribution in [-0.2, 0) is 4.74 Å². The molecule has 2 fully saturated rings. The highest BCUT2D eigenvalue weighted by atomic mass is 35.5. The topological polar surface area (TPSA) is 64.7 Å². The minimum Gasteiger partial charge on any atom is -0.443 e. The Kier molecular flexibility index (Phi) is 5.45. The first-order valence-corrected chi connectivity index (χ1v) is 12.1. The molecule has 1 saturated carbocycles. The van der Waals surface area contributed by atoms with Crippen molar-refractivity contribution in [3.63, 3.8) is 0 Å². The molecule has 2 aromatic heterocycles. The summed E-state index contributed by atoms with van der Waals surface area (Å²) >= 11 is 6.64. The molecule has 35 heavy (non-hydrogen) atoms. The second kappa shape index (κ2) is 7.93. The molecule has 0 radical (unpaired) electrons. The van der Waals surface area contributed by atoms with Crippen molar-refractivity contribution < 1.29 is 18.3 Å². The molecule has 3 heterocycles. The van der Waals surface area contributed by atoms with E-state index in [9.17, 15) is 9.18 Å². The maximum absolute atomic E-state index is 15.4. The van der Waals surface area contributed by atoms with E-state index in [2.05, 4.69) is 33.9 Å². The van der Waals surface area contributed by atoms with Gasteiger partial charge in [0.1, 0.15) is 11.2 Å². The highest BCUT2D eigenvalue weighted by Gasteiger charge is 2.58. The minimum atomic E-state index is -1.07. The number of aromatic nitrogens is 2. The Bertz CT molecular complexity index is 1350. The summed E-state index contributed by atoms with van der Waals surface area (Å²) in [6.45, 7) is 6.76. The smallest absolute Gasteiger partial charge is 0.414 e. The van der Waals surface area contributed by atoms with Gasteiger partial charge in [-0.2, -0.15) is 0 Å². The van der Waals surface area contributed by atoms with Crippen LogP contribution in [0.3, 0.4) is 0 Å². The summed E-state index contributed by atoms with van der Waals surface area (Å²) in [6.07, 6.45) is 2.95. The Hall–Kier alpha value is -2.65. The number of carbonyl (C=O) groups is 1. The van der Waals surface area contributed by atoms with Crippen molar-refractivity contribution in [1.29, 1.82) is 0 Å². The normalized spacial score (nSPS) is 22.1. The number of carbonyl (C=O) groups excluding carboxylic acids is 1. The highest BCUT2D eigenvalue weighted by Crippen LogP contribution is 2.57. The molecule has 2 atom stereocenters. The molecule has 3 aromatic rings. The van der Waals surface area contributed by atoms with Crippen molar-refractivity contribution in [3.05, 3.63) is 28.9 Å². The molecule has 1 aliphatic heterocycles. The monoisotopic (exact) mass is 505 g/mol. The van der Waals surface area contributed by atoms with E-state index in [0.717, 1.165) is 32.0 Å². The lowest BCUT2D eigenvalue weighted by atomic mass is 10.1. The molecule has 0 unspecified atom stereocenters. The fourth-order valence-corrected chi connectivity index (χ4v) is 5.75. The predicted molar refractivity (Wildman–Crippen MR) is 135 cm³/mol. The highest BCUT2D eigenvalue weighted by molar-refractivity contribution is 6.36. The average Bonchev–Trinajstić information content (AvgIpc) is 3.10. The summed E-state index contributed by atoms with van der Waals surface area (Å²) in [6, 6.07) is 1.49. The van der Waals surface area contributed by atoms with Gasteiger partial charge in [0.2, 0.25) is 0 Å². The molecule has 1 amide bonds. The summed E-state index contributed by atoms with van der Waals surface area (Å²) in [5, 5.41) is 0.821. The first kappa shape index (κ1) is 24.1. The van der Waals surface area contributed by atoms with Crippen molar-refractivity contribution >= 4 is 51.0 Å². The number of fused-ring (bicyclic) bond motifs is 3. The summed E-state index contributed by atoms with van der Waals surface area (Å²) in [5.41, 5.74) is 0.865. The molecule has 1 saturated heterocycles. The lowest BCUT2D eigenvalue weighted by Crippen LogP contribution is -2.34. The molecule has 1 N–H and O–H groups in total. The average molecular weight is 506 g/mol. The molecule has 1 spiro atoms. The Morgan fingerprint density at radius 2 is 2.00 bits per heavy atom. The summed E-state index contributed by atoms with van der Waals surface area (Å²) in [7, 11) is 5.63. The molecule has 5 rings (SSSR count). The summed E-state index contributed by atoms with van der Waals surface area (Å²) in [4.78, 5) is 25.8. The molecular formula is C25H30ClF2N5O2. The van der Waals surface area contributed by atoms with E-state index in [0.29, 0.717) is 27.8 Å². The number of ether oxygens (including phenoxy) is 1. The number of aromatic amines is 1. The van der Waals surface area contributed by atoms with Crippen molar-refractivity contribution in [2.45, 2.75) is 45.3 Å². The van der Waals surface area contributed by atoms with Crippen molar-refractivity contribution in [2.75, 3.05) is 44.0 Å². The van der Waals surface area contributed by atoms with Gasteiger partial charge >= 0.3 is 6.09 Å². The fraction of sp³-hybridized carbons (Fsp3) is 0.520. The number of hydrogen-bond donors (Lipinski definition) is 1. The van der Waals surface area contributed by atoms with Crippen LogP contribution in [0.4, 0.5) is 25.0 Å². The largest absolute Gasteiger partial charge is 0.443 e. The minimum absolute atomic E-state index is 0.0244. The van der Waals surface area contributed by atoms with Gasteiger partial charge in [-0.3, -0.25) is 4.90 Å². The van der Waals surface area contributed by atoms with Crippen LogP contribution in [0.25, 0.3) is 21.9 Å². The number of amides is 1. The quantitative estimate of drug-likeness (QED) is 0.505. The third-order valence-corrected chi connectivity index (χ3v) is 7.48. The van der Waals surface area contributed by atoms with Gasteiger partial charge in [0.15, 0.2) is 11.6 Å². The SMILES string of the molecule is CN(C(=O)OC(C)(C)C)c1cc(F)c(F)c2c1[nH]c1ncc(Cl)c(N3CC[C@@]4(C[C@@H]4N(C)C)C3)c12. The number of H-pyrrole nitrogens is 1. The number of anilines is 2. The first-order valence-electron chi connectivity index (χ1n) is 11.7. The molecular weight excluding hydrogens is 476 g/mol. The van der Waals surface area contributed by atoms with E-state index < -0.39 is 23.3 Å². The van der Waals surface area contributed by atoms with Crippen molar-refractivity contribution in [1.82, 2.24) is 14.9 Å². The maximum Gasteiger partial charge on any atom is 0.414 e. The molecule has 1 aliphatic carbocycles. The second-order valence-corrected chi connectivity index (χ2v) is 11.4. The van der Waals surface area contributed by atoms with Gasteiger partial charge < -0.3 is 19.5 Å². The van der Waals surface area contributed by atoms with E-state index in [1.807, 2.05) is 0 Å². The number of halogens is 3. The molecule has 7 nitrogen and oxygen atoms in total. The van der Waals surface area contributed by atoms with Crippen molar-refractivity contribution in [3.8, 4) is 0 Å². The number of benzene rings is 1. The predicted octanol–water partition coefficient (Wildman–Crippen LogP) is 5.55.